The highest BCUT2D eigenvalue weighted by molar-refractivity contribution is 6.07. The Bertz CT molecular complexity index is 1130. The Balaban J connectivity index is 1.62. The summed E-state index contributed by atoms with van der Waals surface area (Å²) >= 11 is 0. The van der Waals surface area contributed by atoms with E-state index in [1.54, 1.807) is 36.4 Å². The van der Waals surface area contributed by atoms with E-state index in [0.29, 0.717) is 30.5 Å². The molecule has 2 aliphatic carbocycles. The standard InChI is InChI=1S/C24H25N3O5/c1-22(2)23(3)13-14-24(22,21(29)25-17-11-7-8-12-18(17)27(30)31)15-19(23)26-32-20(28)16-9-5-4-6-10-16/h4-12H,13-15H2,1-3H3,(H,25,29). The van der Waals surface area contributed by atoms with Gasteiger partial charge < -0.3 is 10.2 Å². The van der Waals surface area contributed by atoms with Crippen molar-refractivity contribution in [1.29, 1.82) is 0 Å². The number of nitro groups is 1. The summed E-state index contributed by atoms with van der Waals surface area (Å²) in [5.41, 5.74) is -0.676. The fourth-order valence-electron chi connectivity index (χ4n) is 5.23. The van der Waals surface area contributed by atoms with Crippen LogP contribution in [-0.4, -0.2) is 22.5 Å². The summed E-state index contributed by atoms with van der Waals surface area (Å²) in [6.45, 7) is 6.07. The lowest BCUT2D eigenvalue weighted by Crippen LogP contribution is -2.43. The zero-order valence-electron chi connectivity index (χ0n) is 18.3. The molecule has 0 spiro atoms. The highest BCUT2D eigenvalue weighted by Gasteiger charge is 2.71. The average molecular weight is 435 g/mol. The SMILES string of the molecule is CC12CCC(C(=O)Nc3ccccc3[N+](=O)[O-])(CC1=NOC(=O)c1ccccc1)C2(C)C. The Kier molecular flexibility index (Phi) is 5.11. The Morgan fingerprint density at radius 1 is 1.03 bits per heavy atom. The quantitative estimate of drug-likeness (QED) is 0.405. The number of amides is 1. The second kappa shape index (κ2) is 7.55. The molecular formula is C24H25N3O5. The number of nitro benzene ring substituents is 1. The van der Waals surface area contributed by atoms with Crippen molar-refractivity contribution in [3.8, 4) is 0 Å². The topological polar surface area (TPSA) is 111 Å². The van der Waals surface area contributed by atoms with Crippen molar-refractivity contribution in [2.75, 3.05) is 5.32 Å². The van der Waals surface area contributed by atoms with Crippen molar-refractivity contribution in [2.45, 2.75) is 40.0 Å². The molecule has 0 radical (unpaired) electrons. The molecule has 0 aliphatic heterocycles. The van der Waals surface area contributed by atoms with Crippen molar-refractivity contribution in [1.82, 2.24) is 0 Å². The van der Waals surface area contributed by atoms with E-state index in [1.165, 1.54) is 12.1 Å². The maximum atomic E-state index is 13.5. The number of hydrogen-bond acceptors (Lipinski definition) is 6. The molecule has 2 fully saturated rings. The van der Waals surface area contributed by atoms with Gasteiger partial charge in [-0.2, -0.15) is 0 Å². The van der Waals surface area contributed by atoms with Gasteiger partial charge in [0.05, 0.1) is 21.6 Å². The zero-order chi connectivity index (χ0) is 23.1. The van der Waals surface area contributed by atoms with Gasteiger partial charge >= 0.3 is 5.97 Å². The van der Waals surface area contributed by atoms with Crippen LogP contribution in [0.1, 0.15) is 50.4 Å². The first-order valence-corrected chi connectivity index (χ1v) is 10.5. The molecule has 1 N–H and O–H groups in total. The van der Waals surface area contributed by atoms with Crippen molar-refractivity contribution in [3.05, 3.63) is 70.3 Å². The van der Waals surface area contributed by atoms with Crippen LogP contribution < -0.4 is 5.32 Å². The van der Waals surface area contributed by atoms with Crippen LogP contribution >= 0.6 is 0 Å². The van der Waals surface area contributed by atoms with Gasteiger partial charge in [0.25, 0.3) is 5.69 Å². The summed E-state index contributed by atoms with van der Waals surface area (Å²) in [5.74, 6) is -0.833. The van der Waals surface area contributed by atoms with Gasteiger partial charge in [0, 0.05) is 17.9 Å². The van der Waals surface area contributed by atoms with Gasteiger partial charge in [-0.25, -0.2) is 4.79 Å². The fraction of sp³-hybridized carbons (Fsp3) is 0.375. The van der Waals surface area contributed by atoms with Gasteiger partial charge in [-0.1, -0.05) is 56.3 Å². The molecule has 2 atom stereocenters. The van der Waals surface area contributed by atoms with E-state index in [0.717, 1.165) is 0 Å². The molecule has 2 aromatic carbocycles. The Morgan fingerprint density at radius 3 is 2.38 bits per heavy atom. The number of oxime groups is 1. The monoisotopic (exact) mass is 435 g/mol. The van der Waals surface area contributed by atoms with Crippen LogP contribution in [0.4, 0.5) is 11.4 Å². The lowest BCUT2D eigenvalue weighted by atomic mass is 9.64. The van der Waals surface area contributed by atoms with Gasteiger partial charge in [-0.05, 0) is 36.5 Å². The van der Waals surface area contributed by atoms with Crippen LogP contribution in [0, 0.1) is 26.4 Å². The Hall–Kier alpha value is -3.55. The zero-order valence-corrected chi connectivity index (χ0v) is 18.3. The number of benzene rings is 2. The first-order valence-electron chi connectivity index (χ1n) is 10.5. The molecule has 1 amide bonds. The molecule has 4 rings (SSSR count). The number of carbonyl (C=O) groups is 2. The number of para-hydroxylation sites is 2. The van der Waals surface area contributed by atoms with Gasteiger partial charge in [-0.15, -0.1) is 0 Å². The summed E-state index contributed by atoms with van der Waals surface area (Å²) in [5, 5.41) is 18.4. The molecule has 8 heteroatoms. The lowest BCUT2D eigenvalue weighted by molar-refractivity contribution is -0.383. The molecular weight excluding hydrogens is 410 g/mol. The number of anilines is 1. The molecule has 0 saturated heterocycles. The second-order valence-electron chi connectivity index (χ2n) is 9.23. The third kappa shape index (κ3) is 3.09. The van der Waals surface area contributed by atoms with E-state index in [1.807, 2.05) is 26.8 Å². The van der Waals surface area contributed by atoms with Crippen LogP contribution in [0.25, 0.3) is 0 Å². The predicted molar refractivity (Wildman–Crippen MR) is 119 cm³/mol. The minimum absolute atomic E-state index is 0.153. The van der Waals surface area contributed by atoms with Crippen LogP contribution in [0.2, 0.25) is 0 Å². The smallest absolute Gasteiger partial charge is 0.320 e. The Morgan fingerprint density at radius 2 is 1.69 bits per heavy atom. The molecule has 32 heavy (non-hydrogen) atoms. The van der Waals surface area contributed by atoms with Crippen molar-refractivity contribution in [3.63, 3.8) is 0 Å². The van der Waals surface area contributed by atoms with Gasteiger partial charge in [0.1, 0.15) is 5.69 Å². The van der Waals surface area contributed by atoms with Crippen LogP contribution in [0.15, 0.2) is 59.8 Å². The van der Waals surface area contributed by atoms with E-state index in [-0.39, 0.29) is 17.3 Å². The minimum Gasteiger partial charge on any atom is -0.320 e. The maximum absolute atomic E-state index is 13.5. The summed E-state index contributed by atoms with van der Waals surface area (Å²) in [7, 11) is 0. The summed E-state index contributed by atoms with van der Waals surface area (Å²) in [6.07, 6.45) is 1.64. The third-order valence-corrected chi connectivity index (χ3v) is 7.77. The van der Waals surface area contributed by atoms with E-state index < -0.39 is 27.1 Å². The van der Waals surface area contributed by atoms with Crippen molar-refractivity contribution >= 4 is 29.0 Å². The Labute approximate surface area is 185 Å². The number of hydrogen-bond donors (Lipinski definition) is 1. The molecule has 2 saturated carbocycles. The molecule has 2 aromatic rings. The van der Waals surface area contributed by atoms with E-state index >= 15 is 0 Å². The number of nitrogens with zero attached hydrogens (tertiary/aromatic N) is 2. The van der Waals surface area contributed by atoms with Crippen molar-refractivity contribution in [2.24, 2.45) is 21.4 Å². The van der Waals surface area contributed by atoms with Crippen molar-refractivity contribution < 1.29 is 19.3 Å². The molecule has 166 valence electrons. The second-order valence-corrected chi connectivity index (χ2v) is 9.23. The normalized spacial score (nSPS) is 26.7. The predicted octanol–water partition coefficient (Wildman–Crippen LogP) is 4.96. The molecule has 0 heterocycles. The largest absolute Gasteiger partial charge is 0.365 e. The molecule has 8 nitrogen and oxygen atoms in total. The number of rotatable bonds is 5. The number of nitrogens with one attached hydrogen (secondary N) is 1. The summed E-state index contributed by atoms with van der Waals surface area (Å²) in [6, 6.07) is 14.7. The van der Waals surface area contributed by atoms with Crippen LogP contribution in [-0.2, 0) is 9.63 Å². The van der Waals surface area contributed by atoms with E-state index in [4.69, 9.17) is 4.84 Å². The minimum atomic E-state index is -0.816. The van der Waals surface area contributed by atoms with Crippen LogP contribution in [0.3, 0.4) is 0 Å². The highest BCUT2D eigenvalue weighted by atomic mass is 16.7. The maximum Gasteiger partial charge on any atom is 0.365 e. The number of fused-ring (bicyclic) bond motifs is 2. The van der Waals surface area contributed by atoms with Crippen LogP contribution in [0.5, 0.6) is 0 Å². The lowest BCUT2D eigenvalue weighted by Gasteiger charge is -2.39. The first-order chi connectivity index (χ1) is 15.1. The van der Waals surface area contributed by atoms with Gasteiger partial charge in [-0.3, -0.25) is 14.9 Å². The third-order valence-electron chi connectivity index (χ3n) is 7.77. The average Bonchev–Trinajstić information content (AvgIpc) is 3.09. The van der Waals surface area contributed by atoms with Gasteiger partial charge in [0.2, 0.25) is 5.91 Å². The molecule has 2 bridgehead atoms. The summed E-state index contributed by atoms with van der Waals surface area (Å²) < 4.78 is 0. The molecule has 0 aromatic heterocycles. The van der Waals surface area contributed by atoms with Gasteiger partial charge in [0.15, 0.2) is 0 Å². The molecule has 2 unspecified atom stereocenters. The van der Waals surface area contributed by atoms with E-state index in [9.17, 15) is 19.7 Å². The summed E-state index contributed by atoms with van der Waals surface area (Å²) in [4.78, 5) is 42.0. The van der Waals surface area contributed by atoms with E-state index in [2.05, 4.69) is 10.5 Å². The highest BCUT2D eigenvalue weighted by Crippen LogP contribution is 2.71. The first kappa shape index (κ1) is 21.7. The number of carbonyl (C=O) groups excluding carboxylic acids is 2. The molecule has 2 aliphatic rings. The fourth-order valence-corrected chi connectivity index (χ4v) is 5.23.